The smallest absolute Gasteiger partial charge is 0.234 e. The fourth-order valence-electron chi connectivity index (χ4n) is 0.996. The van der Waals surface area contributed by atoms with Crippen LogP contribution in [-0.2, 0) is 4.79 Å². The molecule has 1 atom stereocenters. The summed E-state index contributed by atoms with van der Waals surface area (Å²) in [6.45, 7) is 4.19. The molecule has 1 amide bonds. The van der Waals surface area contributed by atoms with Crippen LogP contribution >= 0.6 is 0 Å². The summed E-state index contributed by atoms with van der Waals surface area (Å²) in [6, 6.07) is 0. The van der Waals surface area contributed by atoms with Crippen LogP contribution in [-0.4, -0.2) is 19.0 Å². The molecule has 3 nitrogen and oxygen atoms in total. The second-order valence-corrected chi connectivity index (χ2v) is 3.95. The standard InChI is InChI=1S/C22H14N2O/c1-3-4-5-6-7-8-9-10-11-12-13-14-15-16-17-18-21(2)22(25)24-20-19-23/h21H,19-20,23H2,1-2H3,(H,24,25). The number of amides is 1. The summed E-state index contributed by atoms with van der Waals surface area (Å²) in [5.41, 5.74) is 5.29. The van der Waals surface area contributed by atoms with Crippen molar-refractivity contribution in [3.05, 3.63) is 0 Å². The lowest BCUT2D eigenvalue weighted by Crippen LogP contribution is -2.32. The first-order valence-corrected chi connectivity index (χ1v) is 7.12. The summed E-state index contributed by atoms with van der Waals surface area (Å²) < 4.78 is 0. The van der Waals surface area contributed by atoms with Crippen molar-refractivity contribution < 1.29 is 4.79 Å². The summed E-state index contributed by atoms with van der Waals surface area (Å²) in [4.78, 5) is 11.5. The molecule has 0 aliphatic rings. The molecule has 0 heterocycles. The predicted molar refractivity (Wildman–Crippen MR) is 99.1 cm³/mol. The van der Waals surface area contributed by atoms with Gasteiger partial charge in [0.1, 0.15) is 0 Å². The van der Waals surface area contributed by atoms with Gasteiger partial charge in [0.25, 0.3) is 0 Å². The van der Waals surface area contributed by atoms with Crippen molar-refractivity contribution >= 4 is 5.91 Å². The molecule has 3 heteroatoms. The Morgan fingerprint density at radius 3 is 1.60 bits per heavy atom. The number of nitrogens with one attached hydrogen (secondary N) is 1. The average molecular weight is 322 g/mol. The molecule has 0 aromatic carbocycles. The van der Waals surface area contributed by atoms with E-state index in [1.54, 1.807) is 13.8 Å². The molecule has 0 saturated carbocycles. The van der Waals surface area contributed by atoms with Crippen molar-refractivity contribution in [1.29, 1.82) is 0 Å². The number of rotatable bonds is 3. The molecule has 0 aromatic rings. The van der Waals surface area contributed by atoms with Crippen LogP contribution in [0.1, 0.15) is 13.8 Å². The number of carbonyl (C=O) groups excluding carboxylic acids is 1. The van der Waals surface area contributed by atoms with Crippen LogP contribution in [0, 0.1) is 101 Å². The van der Waals surface area contributed by atoms with Crippen LogP contribution in [0.25, 0.3) is 0 Å². The van der Waals surface area contributed by atoms with E-state index in [1.165, 1.54) is 0 Å². The Balaban J connectivity index is 4.40. The Labute approximate surface area is 149 Å². The highest BCUT2D eigenvalue weighted by Crippen LogP contribution is 1.90. The Hall–Kier alpha value is -4.09. The molecular formula is C22H14N2O. The van der Waals surface area contributed by atoms with Crippen molar-refractivity contribution in [2.75, 3.05) is 13.1 Å². The summed E-state index contributed by atoms with van der Waals surface area (Å²) in [6.07, 6.45) is 0. The first-order valence-electron chi connectivity index (χ1n) is 7.12. The van der Waals surface area contributed by atoms with E-state index in [4.69, 9.17) is 5.73 Å². The third kappa shape index (κ3) is 14.6. The summed E-state index contributed by atoms with van der Waals surface area (Å²) in [7, 11) is 0. The maximum Gasteiger partial charge on any atom is 0.234 e. The molecule has 0 saturated heterocycles. The van der Waals surface area contributed by atoms with Gasteiger partial charge in [-0.05, 0) is 96.7 Å². The molecule has 0 aliphatic heterocycles. The van der Waals surface area contributed by atoms with E-state index < -0.39 is 5.92 Å². The van der Waals surface area contributed by atoms with Gasteiger partial charge in [0.15, 0.2) is 0 Å². The minimum absolute atomic E-state index is 0.178. The van der Waals surface area contributed by atoms with Gasteiger partial charge >= 0.3 is 0 Å². The minimum Gasteiger partial charge on any atom is -0.354 e. The Morgan fingerprint density at radius 1 is 0.800 bits per heavy atom. The molecule has 118 valence electrons. The molecule has 0 fully saturated rings. The van der Waals surface area contributed by atoms with E-state index in [0.29, 0.717) is 13.1 Å². The molecular weight excluding hydrogens is 308 g/mol. The maximum atomic E-state index is 11.5. The van der Waals surface area contributed by atoms with Gasteiger partial charge < -0.3 is 11.1 Å². The molecule has 0 spiro atoms. The van der Waals surface area contributed by atoms with Gasteiger partial charge in [-0.25, -0.2) is 0 Å². The topological polar surface area (TPSA) is 55.1 Å². The third-order valence-electron chi connectivity index (χ3n) is 2.06. The fourth-order valence-corrected chi connectivity index (χ4v) is 0.996. The number of nitrogens with two attached hydrogens (primary N) is 1. The zero-order valence-electron chi connectivity index (χ0n) is 14.0. The summed E-state index contributed by atoms with van der Waals surface area (Å²) in [5.74, 6) is 39.9. The monoisotopic (exact) mass is 322 g/mol. The molecule has 0 radical (unpaired) electrons. The van der Waals surface area contributed by atoms with Crippen molar-refractivity contribution in [3.8, 4) is 94.7 Å². The fraction of sp³-hybridized carbons (Fsp3) is 0.227. The van der Waals surface area contributed by atoms with Crippen molar-refractivity contribution in [3.63, 3.8) is 0 Å². The van der Waals surface area contributed by atoms with Crippen LogP contribution in [0.2, 0.25) is 0 Å². The van der Waals surface area contributed by atoms with Gasteiger partial charge in [-0.3, -0.25) is 4.79 Å². The molecule has 3 N–H and O–H groups in total. The first-order chi connectivity index (χ1) is 12.2. The van der Waals surface area contributed by atoms with Crippen molar-refractivity contribution in [1.82, 2.24) is 5.32 Å². The highest BCUT2D eigenvalue weighted by molar-refractivity contribution is 5.81. The predicted octanol–water partition coefficient (Wildman–Crippen LogP) is -0.255. The van der Waals surface area contributed by atoms with Crippen LogP contribution < -0.4 is 11.1 Å². The Kier molecular flexibility index (Phi) is 13.6. The first kappa shape index (κ1) is 20.9. The molecule has 0 aromatic heterocycles. The van der Waals surface area contributed by atoms with E-state index >= 15 is 0 Å². The quantitative estimate of drug-likeness (QED) is 0.704. The van der Waals surface area contributed by atoms with Gasteiger partial charge in [-0.1, -0.05) is 11.8 Å². The van der Waals surface area contributed by atoms with E-state index in [2.05, 4.69) is 100 Å². The van der Waals surface area contributed by atoms with Gasteiger partial charge in [0.2, 0.25) is 5.91 Å². The second-order valence-electron chi connectivity index (χ2n) is 3.95. The molecule has 0 rings (SSSR count). The number of hydrogen-bond acceptors (Lipinski definition) is 2. The summed E-state index contributed by atoms with van der Waals surface area (Å²) in [5, 5.41) is 2.64. The van der Waals surface area contributed by atoms with Crippen LogP contribution in [0.4, 0.5) is 0 Å². The lowest BCUT2D eigenvalue weighted by atomic mass is 10.2. The largest absolute Gasteiger partial charge is 0.354 e. The summed E-state index contributed by atoms with van der Waals surface area (Å²) >= 11 is 0. The molecule has 25 heavy (non-hydrogen) atoms. The zero-order chi connectivity index (χ0) is 18.6. The SMILES string of the molecule is CC#CC#CC#CC#CC#CC#CC#CC#CC(C)C(=O)NCCN. The van der Waals surface area contributed by atoms with Gasteiger partial charge in [-0.2, -0.15) is 0 Å². The van der Waals surface area contributed by atoms with E-state index in [1.807, 2.05) is 0 Å². The molecule has 0 aliphatic carbocycles. The van der Waals surface area contributed by atoms with E-state index in [0.717, 1.165) is 0 Å². The normalized spacial score (nSPS) is 7.16. The highest BCUT2D eigenvalue weighted by Gasteiger charge is 2.07. The van der Waals surface area contributed by atoms with Crippen LogP contribution in [0.15, 0.2) is 0 Å². The Morgan fingerprint density at radius 2 is 1.20 bits per heavy atom. The third-order valence-corrected chi connectivity index (χ3v) is 2.06. The van der Waals surface area contributed by atoms with Crippen LogP contribution in [0.3, 0.4) is 0 Å². The van der Waals surface area contributed by atoms with E-state index in [9.17, 15) is 4.79 Å². The molecule has 1 unspecified atom stereocenters. The lowest BCUT2D eigenvalue weighted by molar-refractivity contribution is -0.122. The maximum absolute atomic E-state index is 11.5. The van der Waals surface area contributed by atoms with Crippen molar-refractivity contribution in [2.45, 2.75) is 13.8 Å². The van der Waals surface area contributed by atoms with Gasteiger partial charge in [-0.15, -0.1) is 0 Å². The van der Waals surface area contributed by atoms with E-state index in [-0.39, 0.29) is 5.91 Å². The average Bonchev–Trinajstić information content (AvgIpc) is 2.62. The highest BCUT2D eigenvalue weighted by atomic mass is 16.1. The zero-order valence-corrected chi connectivity index (χ0v) is 14.0. The van der Waals surface area contributed by atoms with Gasteiger partial charge in [0, 0.05) is 13.1 Å². The second kappa shape index (κ2) is 16.3. The van der Waals surface area contributed by atoms with Gasteiger partial charge in [0.05, 0.1) is 5.92 Å². The van der Waals surface area contributed by atoms with Crippen LogP contribution in [0.5, 0.6) is 0 Å². The minimum atomic E-state index is -0.455. The Bertz CT molecular complexity index is 972. The molecule has 0 bridgehead atoms. The van der Waals surface area contributed by atoms with Crippen molar-refractivity contribution in [2.24, 2.45) is 11.7 Å². The lowest BCUT2D eigenvalue weighted by Gasteiger charge is -2.04. The number of hydrogen-bond donors (Lipinski definition) is 2. The number of carbonyl (C=O) groups is 1.